The average molecular weight is 468 g/mol. The van der Waals surface area contributed by atoms with Gasteiger partial charge in [-0.05, 0) is 42.0 Å². The summed E-state index contributed by atoms with van der Waals surface area (Å²) in [6.07, 6.45) is 0.133. The SMILES string of the molecule is COc1ccccc1NS(=O)(=O)c1ccc(C(=O)NCCC(=O)NCc2ccccc2)cc1. The van der Waals surface area contributed by atoms with Crippen LogP contribution in [-0.2, 0) is 21.4 Å². The molecule has 0 radical (unpaired) electrons. The van der Waals surface area contributed by atoms with Gasteiger partial charge in [0.25, 0.3) is 15.9 Å². The summed E-state index contributed by atoms with van der Waals surface area (Å²) >= 11 is 0. The van der Waals surface area contributed by atoms with Gasteiger partial charge in [-0.3, -0.25) is 14.3 Å². The first-order valence-electron chi connectivity index (χ1n) is 10.2. The Labute approximate surface area is 193 Å². The second kappa shape index (κ2) is 11.1. The van der Waals surface area contributed by atoms with Crippen LogP contribution in [0.2, 0.25) is 0 Å². The molecule has 0 atom stereocenters. The topological polar surface area (TPSA) is 114 Å². The van der Waals surface area contributed by atoms with E-state index in [1.165, 1.54) is 31.4 Å². The third kappa shape index (κ3) is 6.81. The summed E-state index contributed by atoms with van der Waals surface area (Å²) < 4.78 is 32.9. The zero-order valence-corrected chi connectivity index (χ0v) is 18.9. The molecule has 172 valence electrons. The van der Waals surface area contributed by atoms with Gasteiger partial charge in [0.05, 0.1) is 17.7 Å². The van der Waals surface area contributed by atoms with E-state index >= 15 is 0 Å². The molecule has 0 aromatic heterocycles. The van der Waals surface area contributed by atoms with E-state index in [-0.39, 0.29) is 29.3 Å². The Morgan fingerprint density at radius 1 is 0.848 bits per heavy atom. The zero-order chi connectivity index (χ0) is 23.7. The van der Waals surface area contributed by atoms with E-state index in [0.717, 1.165) is 5.56 Å². The highest BCUT2D eigenvalue weighted by Crippen LogP contribution is 2.26. The van der Waals surface area contributed by atoms with E-state index in [2.05, 4.69) is 15.4 Å². The minimum absolute atomic E-state index is 0.00486. The lowest BCUT2D eigenvalue weighted by atomic mass is 10.2. The van der Waals surface area contributed by atoms with Crippen molar-refractivity contribution in [3.63, 3.8) is 0 Å². The van der Waals surface area contributed by atoms with Crippen molar-refractivity contribution in [3.05, 3.63) is 90.0 Å². The minimum atomic E-state index is -3.86. The number of anilines is 1. The van der Waals surface area contributed by atoms with Crippen LogP contribution in [0.15, 0.2) is 83.8 Å². The monoisotopic (exact) mass is 467 g/mol. The van der Waals surface area contributed by atoms with Crippen LogP contribution in [0.3, 0.4) is 0 Å². The molecule has 0 aliphatic rings. The third-order valence-corrected chi connectivity index (χ3v) is 6.13. The van der Waals surface area contributed by atoms with Gasteiger partial charge in [0.2, 0.25) is 5.91 Å². The smallest absolute Gasteiger partial charge is 0.262 e. The minimum Gasteiger partial charge on any atom is -0.495 e. The van der Waals surface area contributed by atoms with Crippen molar-refractivity contribution in [3.8, 4) is 5.75 Å². The molecule has 0 aliphatic carbocycles. The maximum Gasteiger partial charge on any atom is 0.262 e. The first-order chi connectivity index (χ1) is 15.9. The molecule has 0 unspecified atom stereocenters. The summed E-state index contributed by atoms with van der Waals surface area (Å²) in [6, 6.07) is 21.7. The predicted octanol–water partition coefficient (Wildman–Crippen LogP) is 2.93. The summed E-state index contributed by atoms with van der Waals surface area (Å²) in [4.78, 5) is 24.3. The van der Waals surface area contributed by atoms with E-state index in [1.54, 1.807) is 24.3 Å². The van der Waals surface area contributed by atoms with Crippen LogP contribution < -0.4 is 20.1 Å². The van der Waals surface area contributed by atoms with Crippen molar-refractivity contribution in [2.24, 2.45) is 0 Å². The number of nitrogens with one attached hydrogen (secondary N) is 3. The van der Waals surface area contributed by atoms with Gasteiger partial charge >= 0.3 is 0 Å². The van der Waals surface area contributed by atoms with Gasteiger partial charge in [-0.15, -0.1) is 0 Å². The van der Waals surface area contributed by atoms with Gasteiger partial charge in [-0.1, -0.05) is 42.5 Å². The van der Waals surface area contributed by atoms with Crippen LogP contribution in [0.25, 0.3) is 0 Å². The molecule has 3 rings (SSSR count). The van der Waals surface area contributed by atoms with E-state index in [1.807, 2.05) is 30.3 Å². The number of carbonyl (C=O) groups excluding carboxylic acids is 2. The standard InChI is InChI=1S/C24H25N3O5S/c1-32-22-10-6-5-9-21(22)27-33(30,31)20-13-11-19(12-14-20)24(29)25-16-15-23(28)26-17-18-7-3-2-4-8-18/h2-14,27H,15-17H2,1H3,(H,25,29)(H,26,28). The number of sulfonamides is 1. The summed E-state index contributed by atoms with van der Waals surface area (Å²) in [7, 11) is -2.41. The molecule has 0 aliphatic heterocycles. The summed E-state index contributed by atoms with van der Waals surface area (Å²) in [5, 5.41) is 5.45. The molecule has 0 saturated heterocycles. The number of hydrogen-bond acceptors (Lipinski definition) is 5. The van der Waals surface area contributed by atoms with Gasteiger partial charge in [-0.2, -0.15) is 0 Å². The van der Waals surface area contributed by atoms with Crippen LogP contribution in [0.4, 0.5) is 5.69 Å². The van der Waals surface area contributed by atoms with Gasteiger partial charge < -0.3 is 15.4 Å². The number of carbonyl (C=O) groups is 2. The molecule has 0 fully saturated rings. The van der Waals surface area contributed by atoms with E-state index in [4.69, 9.17) is 4.74 Å². The third-order valence-electron chi connectivity index (χ3n) is 4.75. The van der Waals surface area contributed by atoms with Crippen LogP contribution in [0.5, 0.6) is 5.75 Å². The van der Waals surface area contributed by atoms with Crippen molar-refractivity contribution < 1.29 is 22.7 Å². The fourth-order valence-corrected chi connectivity index (χ4v) is 4.07. The molecule has 3 aromatic rings. The molecule has 0 heterocycles. The van der Waals surface area contributed by atoms with Crippen LogP contribution >= 0.6 is 0 Å². The Hall–Kier alpha value is -3.85. The molecule has 0 saturated carbocycles. The van der Waals surface area contributed by atoms with E-state index < -0.39 is 15.9 Å². The lowest BCUT2D eigenvalue weighted by Crippen LogP contribution is -2.30. The van der Waals surface area contributed by atoms with Crippen LogP contribution in [0.1, 0.15) is 22.3 Å². The Balaban J connectivity index is 1.50. The maximum atomic E-state index is 12.7. The largest absolute Gasteiger partial charge is 0.495 e. The lowest BCUT2D eigenvalue weighted by molar-refractivity contribution is -0.121. The van der Waals surface area contributed by atoms with Crippen molar-refractivity contribution in [1.82, 2.24) is 10.6 Å². The highest BCUT2D eigenvalue weighted by Gasteiger charge is 2.17. The van der Waals surface area contributed by atoms with Gasteiger partial charge in [0, 0.05) is 25.1 Å². The Morgan fingerprint density at radius 3 is 2.21 bits per heavy atom. The number of para-hydroxylation sites is 2. The van der Waals surface area contributed by atoms with Crippen molar-refractivity contribution >= 4 is 27.5 Å². The maximum absolute atomic E-state index is 12.7. The molecular weight excluding hydrogens is 442 g/mol. The highest BCUT2D eigenvalue weighted by molar-refractivity contribution is 7.92. The highest BCUT2D eigenvalue weighted by atomic mass is 32.2. The van der Waals surface area contributed by atoms with Crippen molar-refractivity contribution in [2.45, 2.75) is 17.9 Å². The summed E-state index contributed by atoms with van der Waals surface area (Å²) in [6.45, 7) is 0.585. The molecule has 3 aromatic carbocycles. The molecule has 9 heteroatoms. The lowest BCUT2D eigenvalue weighted by Gasteiger charge is -2.12. The quantitative estimate of drug-likeness (QED) is 0.424. The van der Waals surface area contributed by atoms with Gasteiger partial charge in [0.15, 0.2) is 0 Å². The Bertz CT molecular complexity index is 1200. The predicted molar refractivity (Wildman–Crippen MR) is 125 cm³/mol. The second-order valence-corrected chi connectivity index (χ2v) is 8.78. The number of methoxy groups -OCH3 is 1. The van der Waals surface area contributed by atoms with Crippen LogP contribution in [-0.4, -0.2) is 33.9 Å². The van der Waals surface area contributed by atoms with E-state index in [0.29, 0.717) is 18.0 Å². The molecule has 2 amide bonds. The first kappa shape index (κ1) is 23.8. The number of benzene rings is 3. The number of amides is 2. The molecular formula is C24H25N3O5S. The fraction of sp³-hybridized carbons (Fsp3) is 0.167. The average Bonchev–Trinajstić information content (AvgIpc) is 2.83. The fourth-order valence-electron chi connectivity index (χ4n) is 2.99. The summed E-state index contributed by atoms with van der Waals surface area (Å²) in [5.41, 5.74) is 1.59. The normalized spacial score (nSPS) is 10.8. The first-order valence-corrected chi connectivity index (χ1v) is 11.7. The second-order valence-electron chi connectivity index (χ2n) is 7.10. The Kier molecular flexibility index (Phi) is 8.04. The molecule has 33 heavy (non-hydrogen) atoms. The number of hydrogen-bond donors (Lipinski definition) is 3. The Morgan fingerprint density at radius 2 is 1.52 bits per heavy atom. The molecule has 3 N–H and O–H groups in total. The van der Waals surface area contributed by atoms with Crippen LogP contribution in [0, 0.1) is 0 Å². The number of rotatable bonds is 10. The van der Waals surface area contributed by atoms with E-state index in [9.17, 15) is 18.0 Å². The summed E-state index contributed by atoms with van der Waals surface area (Å²) in [5.74, 6) is -0.180. The van der Waals surface area contributed by atoms with Crippen molar-refractivity contribution in [2.75, 3.05) is 18.4 Å². The van der Waals surface area contributed by atoms with Crippen molar-refractivity contribution in [1.29, 1.82) is 0 Å². The van der Waals surface area contributed by atoms with Gasteiger partial charge in [-0.25, -0.2) is 8.42 Å². The molecule has 0 spiro atoms. The number of ether oxygens (including phenoxy) is 1. The molecule has 8 nitrogen and oxygen atoms in total. The zero-order valence-electron chi connectivity index (χ0n) is 18.1. The molecule has 0 bridgehead atoms. The van der Waals surface area contributed by atoms with Gasteiger partial charge in [0.1, 0.15) is 5.75 Å².